The first kappa shape index (κ1) is 39.8. The van der Waals surface area contributed by atoms with Crippen LogP contribution in [0.3, 0.4) is 0 Å². The van der Waals surface area contributed by atoms with E-state index in [9.17, 15) is 28.8 Å². The first-order valence-electron chi connectivity index (χ1n) is 16.7. The zero-order valence-electron chi connectivity index (χ0n) is 29.0. The van der Waals surface area contributed by atoms with Crippen molar-refractivity contribution in [1.29, 1.82) is 0 Å². The summed E-state index contributed by atoms with van der Waals surface area (Å²) in [4.78, 5) is 79.4. The van der Waals surface area contributed by atoms with Crippen molar-refractivity contribution in [2.75, 3.05) is 20.3 Å². The van der Waals surface area contributed by atoms with Crippen LogP contribution in [-0.4, -0.2) is 85.1 Å². The lowest BCUT2D eigenvalue weighted by Crippen LogP contribution is -2.61. The van der Waals surface area contributed by atoms with E-state index >= 15 is 0 Å². The molecular weight excluding hydrogens is 620 g/mol. The number of rotatable bonds is 17. The smallest absolute Gasteiger partial charge is 0.408 e. The zero-order valence-corrected chi connectivity index (χ0v) is 29.0. The maximum atomic E-state index is 14.0. The van der Waals surface area contributed by atoms with Crippen LogP contribution in [0.1, 0.15) is 78.7 Å². The number of hydrogen-bond donors (Lipinski definition) is 3. The van der Waals surface area contributed by atoms with Crippen LogP contribution in [0.2, 0.25) is 0 Å². The minimum atomic E-state index is -1.11. The highest BCUT2D eigenvalue weighted by atomic mass is 16.5. The standard InChI is InChI=1S/C35H52N4O9/c1-7-47-29(40)19-12-11-17-26(37-35(45)48-22-25-15-9-8-10-16-25)31(41)38-30(24(4)5)33(43)39-20-14-13-18-28(39)32(42)36-27(21-23(2)3)34(44)46-6/h8-10,12,15-16,19,23-24,26-28,30H,7,11,13-14,17-18,20-22H2,1-6H3,(H,36,42)(H,37,45)(H,38,41)/b19-12+/t26-,27-,28+,30-/m0/s1. The molecule has 0 bridgehead atoms. The van der Waals surface area contributed by atoms with Crippen LogP contribution in [-0.2, 0) is 44.8 Å². The van der Waals surface area contributed by atoms with Crippen molar-refractivity contribution < 1.29 is 43.0 Å². The zero-order chi connectivity index (χ0) is 35.6. The van der Waals surface area contributed by atoms with Crippen LogP contribution in [0.5, 0.6) is 0 Å². The van der Waals surface area contributed by atoms with E-state index in [1.165, 1.54) is 24.2 Å². The van der Waals surface area contributed by atoms with Gasteiger partial charge < -0.3 is 35.1 Å². The molecule has 0 saturated carbocycles. The summed E-state index contributed by atoms with van der Waals surface area (Å²) in [5.74, 6) is -2.87. The van der Waals surface area contributed by atoms with Crippen LogP contribution in [0.15, 0.2) is 42.5 Å². The van der Waals surface area contributed by atoms with Crippen LogP contribution in [0.25, 0.3) is 0 Å². The number of amides is 4. The molecule has 1 fully saturated rings. The molecule has 13 nitrogen and oxygen atoms in total. The number of nitrogens with one attached hydrogen (secondary N) is 3. The molecule has 1 aromatic carbocycles. The number of benzene rings is 1. The van der Waals surface area contributed by atoms with E-state index in [-0.39, 0.29) is 37.9 Å². The van der Waals surface area contributed by atoms with Gasteiger partial charge in [0.2, 0.25) is 17.7 Å². The van der Waals surface area contributed by atoms with Gasteiger partial charge in [-0.3, -0.25) is 14.4 Å². The Morgan fingerprint density at radius 3 is 2.27 bits per heavy atom. The summed E-state index contributed by atoms with van der Waals surface area (Å²) >= 11 is 0. The van der Waals surface area contributed by atoms with E-state index in [1.807, 2.05) is 32.0 Å². The van der Waals surface area contributed by atoms with Gasteiger partial charge in [0.05, 0.1) is 13.7 Å². The monoisotopic (exact) mass is 672 g/mol. The number of methoxy groups -OCH3 is 1. The molecule has 0 unspecified atom stereocenters. The van der Waals surface area contributed by atoms with Crippen LogP contribution < -0.4 is 16.0 Å². The number of hydrogen-bond acceptors (Lipinski definition) is 9. The molecule has 1 aliphatic rings. The minimum Gasteiger partial charge on any atom is -0.467 e. The third-order valence-corrected chi connectivity index (χ3v) is 7.81. The summed E-state index contributed by atoms with van der Waals surface area (Å²) in [7, 11) is 1.26. The highest BCUT2D eigenvalue weighted by Gasteiger charge is 2.39. The highest BCUT2D eigenvalue weighted by Crippen LogP contribution is 2.21. The SMILES string of the molecule is CCOC(=O)/C=C/CC[C@H](NC(=O)OCc1ccccc1)C(=O)N[C@H](C(=O)N1CCCC[C@@H]1C(=O)N[C@@H](CC(C)C)C(=O)OC)C(C)C. The molecule has 266 valence electrons. The lowest BCUT2D eigenvalue weighted by atomic mass is 9.95. The first-order chi connectivity index (χ1) is 22.9. The van der Waals surface area contributed by atoms with Crippen molar-refractivity contribution in [3.63, 3.8) is 0 Å². The second kappa shape index (κ2) is 20.7. The van der Waals surface area contributed by atoms with Crippen LogP contribution in [0, 0.1) is 11.8 Å². The molecule has 3 N–H and O–H groups in total. The fourth-order valence-electron chi connectivity index (χ4n) is 5.32. The summed E-state index contributed by atoms with van der Waals surface area (Å²) in [6.45, 7) is 9.60. The average Bonchev–Trinajstić information content (AvgIpc) is 3.06. The number of carbonyl (C=O) groups is 6. The quantitative estimate of drug-likeness (QED) is 0.128. The van der Waals surface area contributed by atoms with E-state index in [2.05, 4.69) is 16.0 Å². The van der Waals surface area contributed by atoms with E-state index < -0.39 is 59.9 Å². The van der Waals surface area contributed by atoms with Gasteiger partial charge in [-0.25, -0.2) is 14.4 Å². The van der Waals surface area contributed by atoms with Crippen molar-refractivity contribution in [2.24, 2.45) is 11.8 Å². The minimum absolute atomic E-state index is 0.0106. The number of esters is 2. The Morgan fingerprint density at radius 2 is 1.65 bits per heavy atom. The summed E-state index contributed by atoms with van der Waals surface area (Å²) in [6, 6.07) is 5.24. The van der Waals surface area contributed by atoms with Gasteiger partial charge in [0, 0.05) is 12.6 Å². The molecule has 48 heavy (non-hydrogen) atoms. The topological polar surface area (TPSA) is 169 Å². The maximum Gasteiger partial charge on any atom is 0.408 e. The maximum absolute atomic E-state index is 14.0. The van der Waals surface area contributed by atoms with E-state index in [0.717, 1.165) is 5.56 Å². The molecule has 1 aromatic rings. The Morgan fingerprint density at radius 1 is 0.938 bits per heavy atom. The van der Waals surface area contributed by atoms with E-state index in [1.54, 1.807) is 32.9 Å². The number of piperidine rings is 1. The average molecular weight is 673 g/mol. The van der Waals surface area contributed by atoms with Gasteiger partial charge in [-0.2, -0.15) is 0 Å². The van der Waals surface area contributed by atoms with Crippen molar-refractivity contribution >= 4 is 35.8 Å². The van der Waals surface area contributed by atoms with Gasteiger partial charge in [-0.1, -0.05) is 64.1 Å². The second-order valence-corrected chi connectivity index (χ2v) is 12.5. The van der Waals surface area contributed by atoms with Crippen LogP contribution >= 0.6 is 0 Å². The number of ether oxygens (including phenoxy) is 3. The van der Waals surface area contributed by atoms with Crippen LogP contribution in [0.4, 0.5) is 4.79 Å². The lowest BCUT2D eigenvalue weighted by Gasteiger charge is -2.38. The number of carbonyl (C=O) groups excluding carboxylic acids is 6. The van der Waals surface area contributed by atoms with Gasteiger partial charge in [-0.15, -0.1) is 0 Å². The normalized spacial score (nSPS) is 16.5. The Hall–Kier alpha value is -4.42. The predicted molar refractivity (Wildman–Crippen MR) is 178 cm³/mol. The molecule has 13 heteroatoms. The lowest BCUT2D eigenvalue weighted by molar-refractivity contribution is -0.149. The first-order valence-corrected chi connectivity index (χ1v) is 16.7. The number of nitrogens with zero attached hydrogens (tertiary/aromatic N) is 1. The third kappa shape index (κ3) is 13.4. The van der Waals surface area contributed by atoms with Crippen molar-refractivity contribution in [3.05, 3.63) is 48.0 Å². The molecule has 0 aromatic heterocycles. The second-order valence-electron chi connectivity index (χ2n) is 12.5. The van der Waals surface area contributed by atoms with Crippen molar-refractivity contribution in [2.45, 2.75) is 104 Å². The van der Waals surface area contributed by atoms with Crippen molar-refractivity contribution in [3.8, 4) is 0 Å². The van der Waals surface area contributed by atoms with Gasteiger partial charge in [-0.05, 0) is 62.8 Å². The molecule has 0 spiro atoms. The van der Waals surface area contributed by atoms with E-state index in [4.69, 9.17) is 14.2 Å². The molecule has 1 aliphatic heterocycles. The molecule has 1 heterocycles. The van der Waals surface area contributed by atoms with Gasteiger partial charge in [0.1, 0.15) is 30.8 Å². The molecule has 4 amide bonds. The summed E-state index contributed by atoms with van der Waals surface area (Å²) in [6.07, 6.45) is 4.46. The summed E-state index contributed by atoms with van der Waals surface area (Å²) < 4.78 is 15.1. The summed E-state index contributed by atoms with van der Waals surface area (Å²) in [5, 5.41) is 8.16. The molecular formula is C35H52N4O9. The van der Waals surface area contributed by atoms with Gasteiger partial charge in [0.15, 0.2) is 0 Å². The number of likely N-dealkylation sites (tertiary alicyclic amines) is 1. The highest BCUT2D eigenvalue weighted by molar-refractivity contribution is 5.95. The van der Waals surface area contributed by atoms with E-state index in [0.29, 0.717) is 32.2 Å². The molecule has 1 saturated heterocycles. The Kier molecular flexibility index (Phi) is 17.2. The molecule has 2 rings (SSSR count). The van der Waals surface area contributed by atoms with Gasteiger partial charge in [0.25, 0.3) is 0 Å². The largest absolute Gasteiger partial charge is 0.467 e. The third-order valence-electron chi connectivity index (χ3n) is 7.81. The molecule has 0 radical (unpaired) electrons. The molecule has 0 aliphatic carbocycles. The Bertz CT molecular complexity index is 1250. The Labute approximate surface area is 283 Å². The number of alkyl carbamates (subject to hydrolysis) is 1. The molecule has 4 atom stereocenters. The predicted octanol–water partition coefficient (Wildman–Crippen LogP) is 3.41. The van der Waals surface area contributed by atoms with Crippen molar-refractivity contribution in [1.82, 2.24) is 20.9 Å². The fourth-order valence-corrected chi connectivity index (χ4v) is 5.32. The number of allylic oxidation sites excluding steroid dienone is 1. The van der Waals surface area contributed by atoms with Gasteiger partial charge >= 0.3 is 18.0 Å². The fraction of sp³-hybridized carbons (Fsp3) is 0.600. The summed E-state index contributed by atoms with van der Waals surface area (Å²) in [5.41, 5.74) is 0.763. The Balaban J connectivity index is 2.21.